The van der Waals surface area contributed by atoms with Crippen molar-refractivity contribution >= 4 is 27.3 Å². The average molecular weight is 234 g/mol. The van der Waals surface area contributed by atoms with Gasteiger partial charge in [0.2, 0.25) is 6.20 Å². The van der Waals surface area contributed by atoms with Crippen LogP contribution in [0.4, 0.5) is 11.4 Å². The molecule has 0 aliphatic rings. The third-order valence-electron chi connectivity index (χ3n) is 1.22. The van der Waals surface area contributed by atoms with Crippen LogP contribution in [0.5, 0.6) is 0 Å². The zero-order valence-corrected chi connectivity index (χ0v) is 7.32. The van der Waals surface area contributed by atoms with E-state index in [1.165, 1.54) is 0 Å². The van der Waals surface area contributed by atoms with E-state index in [0.717, 1.165) is 12.3 Å². The third-order valence-corrected chi connectivity index (χ3v) is 1.79. The monoisotopic (exact) mass is 233 g/mol. The lowest BCUT2D eigenvalue weighted by Gasteiger charge is -1.99. The molecule has 0 aromatic carbocycles. The maximum atomic E-state index is 10.8. The van der Waals surface area contributed by atoms with E-state index in [4.69, 9.17) is 5.73 Å². The van der Waals surface area contributed by atoms with Crippen molar-refractivity contribution in [2.45, 2.75) is 0 Å². The standard InChI is InChI=1S/C5H4BrN3O3/c6-5-1-4(9(11)12)3(7)2-8(5)10/h1-2H,7H2. The molecule has 0 bridgehead atoms. The van der Waals surface area contributed by atoms with Crippen LogP contribution < -0.4 is 10.5 Å². The zero-order chi connectivity index (χ0) is 9.30. The molecular weight excluding hydrogens is 230 g/mol. The van der Waals surface area contributed by atoms with E-state index < -0.39 is 4.92 Å². The van der Waals surface area contributed by atoms with Crippen LogP contribution >= 0.6 is 15.9 Å². The number of nitrogens with zero attached hydrogens (tertiary/aromatic N) is 2. The number of hydrogen-bond donors (Lipinski definition) is 1. The van der Waals surface area contributed by atoms with Gasteiger partial charge >= 0.3 is 5.69 Å². The molecule has 0 fully saturated rings. The number of pyridine rings is 1. The molecule has 0 atom stereocenters. The van der Waals surface area contributed by atoms with Gasteiger partial charge in [-0.2, -0.15) is 4.73 Å². The fraction of sp³-hybridized carbons (Fsp3) is 0. The Morgan fingerprint density at radius 3 is 2.75 bits per heavy atom. The maximum Gasteiger partial charge on any atom is 0.305 e. The van der Waals surface area contributed by atoms with Crippen molar-refractivity contribution < 1.29 is 9.65 Å². The quantitative estimate of drug-likeness (QED) is 0.252. The second-order valence-electron chi connectivity index (χ2n) is 2.02. The molecular formula is C5H4BrN3O3. The highest BCUT2D eigenvalue weighted by Crippen LogP contribution is 2.21. The normalized spacial score (nSPS) is 9.75. The summed E-state index contributed by atoms with van der Waals surface area (Å²) < 4.78 is 0.464. The van der Waals surface area contributed by atoms with Gasteiger partial charge in [-0.15, -0.1) is 0 Å². The predicted molar refractivity (Wildman–Crippen MR) is 44.2 cm³/mol. The summed E-state index contributed by atoms with van der Waals surface area (Å²) in [5.74, 6) is 0. The lowest BCUT2D eigenvalue weighted by atomic mass is 10.4. The van der Waals surface area contributed by atoms with Crippen molar-refractivity contribution in [3.63, 3.8) is 0 Å². The molecule has 1 aromatic heterocycles. The highest BCUT2D eigenvalue weighted by Gasteiger charge is 2.17. The van der Waals surface area contributed by atoms with E-state index in [1.54, 1.807) is 0 Å². The van der Waals surface area contributed by atoms with Crippen LogP contribution in [0.2, 0.25) is 0 Å². The molecule has 0 radical (unpaired) electrons. The summed E-state index contributed by atoms with van der Waals surface area (Å²) in [7, 11) is 0. The number of nitrogen functional groups attached to an aromatic ring is 1. The largest absolute Gasteiger partial charge is 0.618 e. The number of nitro groups is 1. The van der Waals surface area contributed by atoms with E-state index in [9.17, 15) is 15.3 Å². The molecule has 1 aromatic rings. The molecule has 0 unspecified atom stereocenters. The summed E-state index contributed by atoms with van der Waals surface area (Å²) in [5, 5.41) is 21.1. The number of rotatable bonds is 1. The van der Waals surface area contributed by atoms with E-state index in [2.05, 4.69) is 15.9 Å². The molecule has 12 heavy (non-hydrogen) atoms. The van der Waals surface area contributed by atoms with Crippen LogP contribution in [0.25, 0.3) is 0 Å². The second-order valence-corrected chi connectivity index (χ2v) is 2.83. The van der Waals surface area contributed by atoms with Gasteiger partial charge in [0.1, 0.15) is 0 Å². The highest BCUT2D eigenvalue weighted by molar-refractivity contribution is 9.10. The fourth-order valence-corrected chi connectivity index (χ4v) is 0.991. The van der Waals surface area contributed by atoms with Gasteiger partial charge in [0.05, 0.1) is 11.0 Å². The minimum atomic E-state index is -0.653. The van der Waals surface area contributed by atoms with Crippen molar-refractivity contribution in [1.29, 1.82) is 0 Å². The Kier molecular flexibility index (Phi) is 2.13. The lowest BCUT2D eigenvalue weighted by Crippen LogP contribution is -2.28. The SMILES string of the molecule is Nc1c[n+]([O-])c(Br)cc1[N+](=O)[O-]. The van der Waals surface area contributed by atoms with Gasteiger partial charge < -0.3 is 10.9 Å². The Morgan fingerprint density at radius 2 is 2.25 bits per heavy atom. The van der Waals surface area contributed by atoms with Crippen molar-refractivity contribution in [3.05, 3.63) is 32.2 Å². The van der Waals surface area contributed by atoms with E-state index in [1.807, 2.05) is 0 Å². The van der Waals surface area contributed by atoms with E-state index in [-0.39, 0.29) is 16.0 Å². The summed E-state index contributed by atoms with van der Waals surface area (Å²) in [5.41, 5.74) is 4.77. The molecule has 0 spiro atoms. The molecule has 2 N–H and O–H groups in total. The van der Waals surface area contributed by atoms with Crippen LogP contribution in [0, 0.1) is 15.3 Å². The molecule has 0 aliphatic heterocycles. The Bertz CT molecular complexity index is 341. The minimum absolute atomic E-state index is 0.0587. The van der Waals surface area contributed by atoms with Gasteiger partial charge in [-0.3, -0.25) is 10.1 Å². The summed E-state index contributed by atoms with van der Waals surface area (Å²) in [6.45, 7) is 0. The highest BCUT2D eigenvalue weighted by atomic mass is 79.9. The molecule has 6 nitrogen and oxygen atoms in total. The molecule has 64 valence electrons. The van der Waals surface area contributed by atoms with Gasteiger partial charge in [-0.25, -0.2) is 0 Å². The number of aromatic nitrogens is 1. The first-order valence-electron chi connectivity index (χ1n) is 2.85. The summed E-state index contributed by atoms with van der Waals surface area (Å²) in [6, 6.07) is 1.06. The Balaban J connectivity index is 3.33. The zero-order valence-electron chi connectivity index (χ0n) is 5.73. The van der Waals surface area contributed by atoms with Crippen LogP contribution in [0.3, 0.4) is 0 Å². The molecule has 0 aliphatic carbocycles. The molecule has 0 saturated heterocycles. The van der Waals surface area contributed by atoms with Crippen LogP contribution in [-0.2, 0) is 0 Å². The first-order chi connectivity index (χ1) is 5.52. The smallest absolute Gasteiger partial charge is 0.305 e. The summed E-state index contributed by atoms with van der Waals surface area (Å²) in [4.78, 5) is 9.63. The van der Waals surface area contributed by atoms with Gasteiger partial charge in [0.15, 0.2) is 5.69 Å². The fourth-order valence-electron chi connectivity index (χ4n) is 0.672. The minimum Gasteiger partial charge on any atom is -0.618 e. The van der Waals surface area contributed by atoms with Crippen LogP contribution in [0.1, 0.15) is 0 Å². The van der Waals surface area contributed by atoms with Crippen LogP contribution in [-0.4, -0.2) is 4.92 Å². The lowest BCUT2D eigenvalue weighted by molar-refractivity contribution is -0.617. The molecule has 0 saturated carbocycles. The maximum absolute atomic E-state index is 10.8. The van der Waals surface area contributed by atoms with Crippen molar-refractivity contribution in [1.82, 2.24) is 0 Å². The molecule has 1 heterocycles. The third kappa shape index (κ3) is 1.45. The number of halogens is 1. The van der Waals surface area contributed by atoms with Crippen molar-refractivity contribution in [3.8, 4) is 0 Å². The summed E-state index contributed by atoms with van der Waals surface area (Å²) >= 11 is 2.84. The van der Waals surface area contributed by atoms with Crippen molar-refractivity contribution in [2.75, 3.05) is 5.73 Å². The molecule has 7 heteroatoms. The number of anilines is 1. The van der Waals surface area contributed by atoms with Gasteiger partial charge in [0, 0.05) is 15.9 Å². The van der Waals surface area contributed by atoms with Gasteiger partial charge in [0.25, 0.3) is 4.60 Å². The van der Waals surface area contributed by atoms with Gasteiger partial charge in [-0.1, -0.05) is 0 Å². The number of hydrogen-bond acceptors (Lipinski definition) is 4. The first-order valence-corrected chi connectivity index (χ1v) is 3.64. The predicted octanol–water partition coefficient (Wildman–Crippen LogP) is 0.573. The second kappa shape index (κ2) is 2.94. The summed E-state index contributed by atoms with van der Waals surface area (Å²) in [6.07, 6.45) is 0.933. The van der Waals surface area contributed by atoms with Crippen molar-refractivity contribution in [2.24, 2.45) is 0 Å². The molecule has 0 amide bonds. The van der Waals surface area contributed by atoms with Gasteiger partial charge in [-0.05, 0) is 0 Å². The average Bonchev–Trinajstić information content (AvgIpc) is 1.96. The van der Waals surface area contributed by atoms with Crippen LogP contribution in [0.15, 0.2) is 16.9 Å². The topological polar surface area (TPSA) is 96.1 Å². The first kappa shape index (κ1) is 8.72. The number of nitrogens with two attached hydrogens (primary N) is 1. The van der Waals surface area contributed by atoms with E-state index in [0.29, 0.717) is 4.73 Å². The Labute approximate surface area is 75.5 Å². The molecule has 1 rings (SSSR count). The Hall–Kier alpha value is -1.37. The Morgan fingerprint density at radius 1 is 1.67 bits per heavy atom. The van der Waals surface area contributed by atoms with E-state index >= 15 is 0 Å².